The van der Waals surface area contributed by atoms with E-state index >= 15 is 0 Å². The van der Waals surface area contributed by atoms with Gasteiger partial charge < -0.3 is 9.84 Å². The van der Waals surface area contributed by atoms with Crippen molar-refractivity contribution >= 4 is 21.6 Å². The van der Waals surface area contributed by atoms with Crippen LogP contribution in [-0.4, -0.2) is 26.3 Å². The molecule has 0 saturated carbocycles. The number of aryl methyl sites for hydroxylation is 1. The van der Waals surface area contributed by atoms with Crippen LogP contribution in [-0.2, 0) is 13.2 Å². The molecule has 34 heavy (non-hydrogen) atoms. The van der Waals surface area contributed by atoms with Gasteiger partial charge in [-0.2, -0.15) is 10.5 Å². The van der Waals surface area contributed by atoms with Gasteiger partial charge >= 0.3 is 5.69 Å². The van der Waals surface area contributed by atoms with Crippen LogP contribution in [0.25, 0.3) is 26.3 Å². The zero-order chi connectivity index (χ0) is 24.4. The lowest BCUT2D eigenvalue weighted by Gasteiger charge is -2.11. The van der Waals surface area contributed by atoms with Gasteiger partial charge in [0.15, 0.2) is 11.6 Å². The number of hydrogen-bond donors (Lipinski definition) is 1. The van der Waals surface area contributed by atoms with Crippen molar-refractivity contribution in [3.05, 3.63) is 74.4 Å². The van der Waals surface area contributed by atoms with E-state index in [0.29, 0.717) is 21.5 Å². The maximum Gasteiger partial charge on any atom is 0.336 e. The smallest absolute Gasteiger partial charge is 0.336 e. The van der Waals surface area contributed by atoms with E-state index in [0.717, 1.165) is 22.0 Å². The van der Waals surface area contributed by atoms with Crippen molar-refractivity contribution in [1.29, 1.82) is 10.5 Å². The lowest BCUT2D eigenvalue weighted by atomic mass is 10.1. The van der Waals surface area contributed by atoms with Crippen LogP contribution >= 0.6 is 11.3 Å². The van der Waals surface area contributed by atoms with Crippen LogP contribution in [0.3, 0.4) is 0 Å². The van der Waals surface area contributed by atoms with Gasteiger partial charge in [0.1, 0.15) is 4.70 Å². The van der Waals surface area contributed by atoms with E-state index in [2.05, 4.69) is 4.98 Å². The van der Waals surface area contributed by atoms with E-state index in [1.165, 1.54) is 36.2 Å². The molecule has 170 valence electrons. The number of hydrogen-bond acceptors (Lipinski definition) is 8. The minimum absolute atomic E-state index is 0.0150. The summed E-state index contributed by atoms with van der Waals surface area (Å²) in [7, 11) is 1.30. The maximum atomic E-state index is 14.1. The molecular formula is C23H16FN5O4S. The lowest BCUT2D eigenvalue weighted by Crippen LogP contribution is -2.38. The molecule has 0 spiro atoms. The van der Waals surface area contributed by atoms with Crippen LogP contribution < -0.4 is 16.0 Å². The van der Waals surface area contributed by atoms with E-state index in [1.54, 1.807) is 6.07 Å². The van der Waals surface area contributed by atoms with Crippen LogP contribution in [0.1, 0.15) is 17.5 Å². The number of aliphatic hydroxyl groups excluding tert-OH is 1. The number of ether oxygens (including phenoxy) is 1. The molecule has 0 saturated heterocycles. The normalized spacial score (nSPS) is 10.7. The first-order valence-corrected chi connectivity index (χ1v) is 10.7. The van der Waals surface area contributed by atoms with E-state index in [4.69, 9.17) is 10.00 Å². The highest BCUT2D eigenvalue weighted by molar-refractivity contribution is 7.22. The third-order valence-electron chi connectivity index (χ3n) is 5.17. The van der Waals surface area contributed by atoms with Crippen LogP contribution in [0.4, 0.5) is 4.39 Å². The topological polar surface area (TPSA) is 134 Å². The summed E-state index contributed by atoms with van der Waals surface area (Å²) in [6, 6.07) is 9.38. The van der Waals surface area contributed by atoms with Crippen LogP contribution in [0.2, 0.25) is 0 Å². The Hall–Kier alpha value is -4.32. The van der Waals surface area contributed by atoms with Crippen molar-refractivity contribution in [3.63, 3.8) is 0 Å². The Kier molecular flexibility index (Phi) is 6.23. The molecule has 11 heteroatoms. The number of fused-ring (bicyclic) bond motifs is 1. The first-order valence-electron chi connectivity index (χ1n) is 9.93. The first-order chi connectivity index (χ1) is 16.4. The number of halogens is 1. The zero-order valence-corrected chi connectivity index (χ0v) is 18.6. The number of aliphatic hydroxyl groups is 1. The number of thiophene rings is 1. The molecular weight excluding hydrogens is 461 g/mol. The Morgan fingerprint density at radius 1 is 1.21 bits per heavy atom. The summed E-state index contributed by atoms with van der Waals surface area (Å²) in [5, 5.41) is 28.0. The Morgan fingerprint density at radius 2 is 2.00 bits per heavy atom. The third-order valence-corrected chi connectivity index (χ3v) is 6.31. The minimum Gasteiger partial charge on any atom is -0.494 e. The molecule has 1 N–H and O–H groups in total. The average molecular weight is 477 g/mol. The van der Waals surface area contributed by atoms with Crippen LogP contribution in [0.15, 0.2) is 46.2 Å². The number of aromatic nitrogens is 3. The standard InChI is InChI=1S/C23H16FN5O4S/c1-33-19-7-16(14(9-26)6-17(19)24)20-8-18-21(34-20)22(31)29(23(32)28(18)4-2-3-25)15-5-13(12-30)10-27-11-15/h5-8,10-11,30H,2,4,12H2,1H3. The molecule has 9 nitrogen and oxygen atoms in total. The highest BCUT2D eigenvalue weighted by atomic mass is 32.1. The van der Waals surface area contributed by atoms with Crippen LogP contribution in [0, 0.1) is 28.5 Å². The van der Waals surface area contributed by atoms with E-state index in [-0.39, 0.29) is 41.3 Å². The number of rotatable bonds is 6. The summed E-state index contributed by atoms with van der Waals surface area (Å²) in [6.07, 6.45) is 2.76. The number of nitriles is 2. The molecule has 0 atom stereocenters. The lowest BCUT2D eigenvalue weighted by molar-refractivity contribution is 0.281. The first kappa shape index (κ1) is 22.9. The summed E-state index contributed by atoms with van der Waals surface area (Å²) in [5.74, 6) is -0.772. The van der Waals surface area contributed by atoms with Gasteiger partial charge in [-0.05, 0) is 29.8 Å². The summed E-state index contributed by atoms with van der Waals surface area (Å²) < 4.78 is 21.6. The summed E-state index contributed by atoms with van der Waals surface area (Å²) >= 11 is 1.03. The van der Waals surface area contributed by atoms with Gasteiger partial charge in [0.05, 0.1) is 55.2 Å². The van der Waals surface area contributed by atoms with Crippen molar-refractivity contribution in [2.75, 3.05) is 7.11 Å². The summed E-state index contributed by atoms with van der Waals surface area (Å²) in [6.45, 7) is -0.305. The molecule has 0 fully saturated rings. The molecule has 0 aliphatic heterocycles. The number of nitrogens with zero attached hydrogens (tertiary/aromatic N) is 5. The number of methoxy groups -OCH3 is 1. The van der Waals surface area contributed by atoms with Crippen LogP contribution in [0.5, 0.6) is 5.75 Å². The SMILES string of the molecule is COc1cc(-c2cc3c(s2)c(=O)n(-c2cncc(CO)c2)c(=O)n3CCC#N)c(C#N)cc1F. The highest BCUT2D eigenvalue weighted by Crippen LogP contribution is 2.36. The Labute approximate surface area is 195 Å². The second-order valence-electron chi connectivity index (χ2n) is 7.16. The van der Waals surface area contributed by atoms with Gasteiger partial charge in [0.2, 0.25) is 0 Å². The van der Waals surface area contributed by atoms with Gasteiger partial charge in [0.25, 0.3) is 5.56 Å². The molecule has 3 heterocycles. The molecule has 0 aliphatic rings. The van der Waals surface area contributed by atoms with Crippen molar-refractivity contribution in [1.82, 2.24) is 14.1 Å². The molecule has 0 unspecified atom stereocenters. The predicted octanol–water partition coefficient (Wildman–Crippen LogP) is 2.70. The Morgan fingerprint density at radius 3 is 2.68 bits per heavy atom. The average Bonchev–Trinajstić information content (AvgIpc) is 3.29. The minimum atomic E-state index is -0.700. The Balaban J connectivity index is 2.06. The van der Waals surface area contributed by atoms with E-state index < -0.39 is 17.1 Å². The van der Waals surface area contributed by atoms with Crippen molar-refractivity contribution in [2.24, 2.45) is 0 Å². The molecule has 1 aromatic carbocycles. The van der Waals surface area contributed by atoms with Gasteiger partial charge in [-0.25, -0.2) is 13.8 Å². The fourth-order valence-electron chi connectivity index (χ4n) is 3.57. The quantitative estimate of drug-likeness (QED) is 0.451. The second kappa shape index (κ2) is 9.27. The fourth-order valence-corrected chi connectivity index (χ4v) is 4.70. The van der Waals surface area contributed by atoms with E-state index in [1.807, 2.05) is 12.1 Å². The molecule has 0 radical (unpaired) electrons. The fraction of sp³-hybridized carbons (Fsp3) is 0.174. The highest BCUT2D eigenvalue weighted by Gasteiger charge is 2.21. The summed E-state index contributed by atoms with van der Waals surface area (Å²) in [4.78, 5) is 31.2. The molecule has 0 aliphatic carbocycles. The maximum absolute atomic E-state index is 14.1. The zero-order valence-electron chi connectivity index (χ0n) is 17.8. The predicted molar refractivity (Wildman–Crippen MR) is 122 cm³/mol. The monoisotopic (exact) mass is 477 g/mol. The second-order valence-corrected chi connectivity index (χ2v) is 8.21. The molecule has 4 aromatic rings. The molecule has 4 rings (SSSR count). The molecule has 3 aromatic heterocycles. The number of pyridine rings is 1. The largest absolute Gasteiger partial charge is 0.494 e. The summed E-state index contributed by atoms with van der Waals surface area (Å²) in [5.41, 5.74) is -0.0335. The van der Waals surface area contributed by atoms with Gasteiger partial charge in [-0.3, -0.25) is 14.3 Å². The third kappa shape index (κ3) is 3.83. The van der Waals surface area contributed by atoms with Gasteiger partial charge in [0, 0.05) is 23.2 Å². The molecule has 0 bridgehead atoms. The van der Waals surface area contributed by atoms with Crippen molar-refractivity contribution < 1.29 is 14.2 Å². The van der Waals surface area contributed by atoms with E-state index in [9.17, 15) is 24.3 Å². The van der Waals surface area contributed by atoms with Gasteiger partial charge in [-0.1, -0.05) is 0 Å². The Bertz CT molecular complexity index is 1620. The van der Waals surface area contributed by atoms with Crippen molar-refractivity contribution in [3.8, 4) is 34.0 Å². The number of benzene rings is 1. The van der Waals surface area contributed by atoms with Gasteiger partial charge in [-0.15, -0.1) is 11.3 Å². The molecule has 0 amide bonds. The van der Waals surface area contributed by atoms with Crippen molar-refractivity contribution in [2.45, 2.75) is 19.6 Å².